The Morgan fingerprint density at radius 3 is 2.33 bits per heavy atom. The van der Waals surface area contributed by atoms with Crippen molar-refractivity contribution in [2.45, 2.75) is 6.18 Å². The number of methoxy groups -OCH3 is 1. The van der Waals surface area contributed by atoms with Crippen LogP contribution in [0.25, 0.3) is 0 Å². The van der Waals surface area contributed by atoms with Gasteiger partial charge >= 0.3 is 6.18 Å². The van der Waals surface area contributed by atoms with Crippen molar-refractivity contribution in [2.75, 3.05) is 13.0 Å². The van der Waals surface area contributed by atoms with Crippen molar-refractivity contribution < 1.29 is 22.7 Å². The first-order chi connectivity index (χ1) is 5.41. The lowest BCUT2D eigenvalue weighted by molar-refractivity contribution is -0.165. The van der Waals surface area contributed by atoms with E-state index in [9.17, 15) is 18.0 Å². The molecule has 0 radical (unpaired) electrons. The summed E-state index contributed by atoms with van der Waals surface area (Å²) in [5.74, 6) is -2.45. The molecule has 0 fully saturated rings. The largest absolute Gasteiger partial charge is 0.500 e. The van der Waals surface area contributed by atoms with Crippen LogP contribution in [0.3, 0.4) is 0 Å². The predicted molar refractivity (Wildman–Crippen MR) is 36.9 cm³/mol. The Balaban J connectivity index is 4.42. The molecule has 6 heteroatoms. The number of alkyl halides is 4. The highest BCUT2D eigenvalue weighted by atomic mass is 35.5. The van der Waals surface area contributed by atoms with E-state index in [0.717, 1.165) is 7.11 Å². The van der Waals surface area contributed by atoms with Crippen molar-refractivity contribution in [3.63, 3.8) is 0 Å². The van der Waals surface area contributed by atoms with Crippen LogP contribution in [-0.4, -0.2) is 24.9 Å². The van der Waals surface area contributed by atoms with Crippen molar-refractivity contribution in [1.29, 1.82) is 0 Å². The van der Waals surface area contributed by atoms with E-state index in [1.807, 2.05) is 0 Å². The third kappa shape index (κ3) is 3.61. The quantitative estimate of drug-likeness (QED) is 0.397. The Morgan fingerprint density at radius 1 is 1.58 bits per heavy atom. The second-order valence-corrected chi connectivity index (χ2v) is 2.08. The van der Waals surface area contributed by atoms with E-state index in [0.29, 0.717) is 6.08 Å². The van der Waals surface area contributed by atoms with Gasteiger partial charge in [-0.2, -0.15) is 13.2 Å². The van der Waals surface area contributed by atoms with Crippen LogP contribution in [0.5, 0.6) is 0 Å². The molecular weight excluding hydrogens is 197 g/mol. The molecule has 0 N–H and O–H groups in total. The highest BCUT2D eigenvalue weighted by molar-refractivity contribution is 6.19. The Hall–Kier alpha value is -0.710. The minimum atomic E-state index is -4.87. The van der Waals surface area contributed by atoms with Crippen LogP contribution >= 0.6 is 11.6 Å². The van der Waals surface area contributed by atoms with Crippen molar-refractivity contribution in [3.05, 3.63) is 11.8 Å². The molecule has 0 saturated carbocycles. The van der Waals surface area contributed by atoms with E-state index in [4.69, 9.17) is 11.6 Å². The van der Waals surface area contributed by atoms with Crippen molar-refractivity contribution in [1.82, 2.24) is 0 Å². The van der Waals surface area contributed by atoms with Crippen LogP contribution in [0.2, 0.25) is 0 Å². The van der Waals surface area contributed by atoms with Gasteiger partial charge in [0, 0.05) is 6.08 Å². The first kappa shape index (κ1) is 11.3. The molecular formula is C6H6ClF3O2. The number of hydrogen-bond acceptors (Lipinski definition) is 2. The van der Waals surface area contributed by atoms with Gasteiger partial charge in [0.2, 0.25) is 0 Å². The molecule has 0 heterocycles. The monoisotopic (exact) mass is 202 g/mol. The van der Waals surface area contributed by atoms with Gasteiger partial charge in [-0.05, 0) is 0 Å². The molecule has 2 nitrogen and oxygen atoms in total. The van der Waals surface area contributed by atoms with Crippen molar-refractivity contribution >= 4 is 17.4 Å². The molecule has 0 aliphatic carbocycles. The number of carbonyl (C=O) groups excluding carboxylic acids is 1. The Labute approximate surface area is 71.9 Å². The lowest BCUT2D eigenvalue weighted by Gasteiger charge is -2.03. The average Bonchev–Trinajstić information content (AvgIpc) is 1.97. The molecule has 0 aliphatic rings. The van der Waals surface area contributed by atoms with Gasteiger partial charge in [0.05, 0.1) is 13.0 Å². The number of hydrogen-bond donors (Lipinski definition) is 0. The molecule has 70 valence electrons. The third-order valence-corrected chi connectivity index (χ3v) is 1.23. The Morgan fingerprint density at radius 2 is 2.08 bits per heavy atom. The summed E-state index contributed by atoms with van der Waals surface area (Å²) in [7, 11) is 1.14. The van der Waals surface area contributed by atoms with E-state index >= 15 is 0 Å². The maximum Gasteiger partial charge on any atom is 0.454 e. The van der Waals surface area contributed by atoms with Gasteiger partial charge in [-0.1, -0.05) is 0 Å². The summed E-state index contributed by atoms with van der Waals surface area (Å²) in [4.78, 5) is 10.3. The van der Waals surface area contributed by atoms with Gasteiger partial charge in [-0.15, -0.1) is 11.6 Å². The van der Waals surface area contributed by atoms with Crippen LogP contribution in [0.4, 0.5) is 13.2 Å². The number of ketones is 1. The van der Waals surface area contributed by atoms with Gasteiger partial charge in [-0.3, -0.25) is 4.79 Å². The minimum Gasteiger partial charge on any atom is -0.500 e. The minimum absolute atomic E-state index is 0.209. The zero-order valence-corrected chi connectivity index (χ0v) is 6.87. The first-order valence-electron chi connectivity index (χ1n) is 2.83. The second kappa shape index (κ2) is 4.35. The van der Waals surface area contributed by atoms with Crippen LogP contribution in [0, 0.1) is 0 Å². The molecule has 0 saturated heterocycles. The molecule has 0 aliphatic heterocycles. The summed E-state index contributed by atoms with van der Waals surface area (Å²) in [6.45, 7) is 0. The smallest absolute Gasteiger partial charge is 0.454 e. The number of rotatable bonds is 3. The van der Waals surface area contributed by atoms with E-state index in [1.54, 1.807) is 0 Å². The number of halogens is 4. The van der Waals surface area contributed by atoms with Crippen LogP contribution in [0.1, 0.15) is 0 Å². The zero-order valence-electron chi connectivity index (χ0n) is 6.11. The molecule has 12 heavy (non-hydrogen) atoms. The highest BCUT2D eigenvalue weighted by Gasteiger charge is 2.36. The maximum absolute atomic E-state index is 11.6. The third-order valence-electron chi connectivity index (χ3n) is 0.965. The Bertz CT molecular complexity index is 191. The molecule has 0 amide bonds. The fourth-order valence-electron chi connectivity index (χ4n) is 0.380. The number of ether oxygens (including phenoxy) is 1. The zero-order chi connectivity index (χ0) is 9.78. The van der Waals surface area contributed by atoms with Gasteiger partial charge in [-0.25, -0.2) is 0 Å². The highest BCUT2D eigenvalue weighted by Crippen LogP contribution is 2.17. The number of allylic oxidation sites excluding steroid dienone is 2. The molecule has 0 aromatic carbocycles. The average molecular weight is 203 g/mol. The normalized spacial score (nSPS) is 12.9. The van der Waals surface area contributed by atoms with Gasteiger partial charge in [0.1, 0.15) is 5.76 Å². The Kier molecular flexibility index (Phi) is 4.09. The summed E-state index contributed by atoms with van der Waals surface area (Å²) >= 11 is 5.15. The fraction of sp³-hybridized carbons (Fsp3) is 0.500. The lowest BCUT2D eigenvalue weighted by atomic mass is 10.3. The van der Waals surface area contributed by atoms with E-state index in [1.165, 1.54) is 0 Å². The standard InChI is InChI=1S/C6H6ClF3O2/c1-12-4(3-7)2-5(11)6(8,9)10/h2H,3H2,1H3. The predicted octanol–water partition coefficient (Wildman–Crippen LogP) is 1.89. The summed E-state index contributed by atoms with van der Waals surface area (Å²) in [6.07, 6.45) is -4.54. The van der Waals surface area contributed by atoms with E-state index in [-0.39, 0.29) is 11.6 Å². The van der Waals surface area contributed by atoms with Gasteiger partial charge < -0.3 is 4.74 Å². The first-order valence-corrected chi connectivity index (χ1v) is 3.37. The molecule has 0 bridgehead atoms. The SMILES string of the molecule is COC(=CC(=O)C(F)(F)F)CCl. The molecule has 0 aromatic rings. The maximum atomic E-state index is 11.6. The lowest BCUT2D eigenvalue weighted by Crippen LogP contribution is -2.20. The van der Waals surface area contributed by atoms with Crippen LogP contribution < -0.4 is 0 Å². The molecule has 0 atom stereocenters. The van der Waals surface area contributed by atoms with Crippen molar-refractivity contribution in [3.8, 4) is 0 Å². The second-order valence-electron chi connectivity index (χ2n) is 1.81. The van der Waals surface area contributed by atoms with Crippen LogP contribution in [-0.2, 0) is 9.53 Å². The summed E-state index contributed by atoms with van der Waals surface area (Å²) in [6, 6.07) is 0. The van der Waals surface area contributed by atoms with Crippen LogP contribution in [0.15, 0.2) is 11.8 Å². The van der Waals surface area contributed by atoms with Crippen molar-refractivity contribution in [2.24, 2.45) is 0 Å². The fourth-order valence-corrected chi connectivity index (χ4v) is 0.566. The van der Waals surface area contributed by atoms with Gasteiger partial charge in [0.25, 0.3) is 5.78 Å². The molecule has 0 aromatic heterocycles. The topological polar surface area (TPSA) is 26.3 Å². The molecule has 0 rings (SSSR count). The number of carbonyl (C=O) groups is 1. The summed E-state index contributed by atoms with van der Waals surface area (Å²) < 4.78 is 39.1. The van der Waals surface area contributed by atoms with E-state index in [2.05, 4.69) is 4.74 Å². The molecule has 0 spiro atoms. The van der Waals surface area contributed by atoms with Gasteiger partial charge in [0.15, 0.2) is 0 Å². The summed E-state index contributed by atoms with van der Waals surface area (Å²) in [5.41, 5.74) is 0. The molecule has 0 unspecified atom stereocenters. The summed E-state index contributed by atoms with van der Waals surface area (Å²) in [5, 5.41) is 0. The van der Waals surface area contributed by atoms with E-state index < -0.39 is 12.0 Å².